The first-order valence-corrected chi connectivity index (χ1v) is 17.5. The van der Waals surface area contributed by atoms with Crippen molar-refractivity contribution in [3.63, 3.8) is 0 Å². The Morgan fingerprint density at radius 3 is 1.80 bits per heavy atom. The van der Waals surface area contributed by atoms with E-state index in [4.69, 9.17) is 33.1 Å². The number of hydrogen-bond donors (Lipinski definition) is 0. The molecule has 2 aromatic heterocycles. The van der Waals surface area contributed by atoms with Crippen LogP contribution in [-0.4, -0.2) is 15.0 Å². The fourth-order valence-corrected chi connectivity index (χ4v) is 7.19. The molecule has 0 aliphatic heterocycles. The molecule has 9 aromatic carbocycles. The molecule has 11 aromatic rings. The molecule has 0 fully saturated rings. The van der Waals surface area contributed by atoms with E-state index in [1.165, 1.54) is 6.07 Å². The highest BCUT2D eigenvalue weighted by atomic mass is 16.3. The molecule has 11 rings (SSSR count). The van der Waals surface area contributed by atoms with Gasteiger partial charge in [0, 0.05) is 27.5 Å². The molecule has 0 aliphatic rings. The topological polar surface area (TPSA) is 51.8 Å². The van der Waals surface area contributed by atoms with Crippen molar-refractivity contribution < 1.29 is 20.9 Å². The third-order valence-electron chi connectivity index (χ3n) is 9.86. The van der Waals surface area contributed by atoms with E-state index in [1.807, 2.05) is 84.9 Å². The molecule has 55 heavy (non-hydrogen) atoms. The Morgan fingerprint density at radius 1 is 0.382 bits per heavy atom. The van der Waals surface area contributed by atoms with Crippen molar-refractivity contribution in [1.82, 2.24) is 15.0 Å². The van der Waals surface area contributed by atoms with Gasteiger partial charge in [-0.3, -0.25) is 0 Å². The largest absolute Gasteiger partial charge is 0.456 e. The van der Waals surface area contributed by atoms with Crippen LogP contribution < -0.4 is 0 Å². The van der Waals surface area contributed by atoms with Crippen molar-refractivity contribution >= 4 is 54.3 Å². The van der Waals surface area contributed by atoms with Crippen molar-refractivity contribution in [3.05, 3.63) is 188 Å². The van der Waals surface area contributed by atoms with Crippen LogP contribution in [0.15, 0.2) is 192 Å². The fourth-order valence-electron chi connectivity index (χ4n) is 7.19. The van der Waals surface area contributed by atoms with Crippen molar-refractivity contribution in [2.45, 2.75) is 0 Å². The van der Waals surface area contributed by atoms with E-state index in [0.29, 0.717) is 27.8 Å². The average molecular weight is 714 g/mol. The maximum absolute atomic E-state index is 9.58. The maximum atomic E-state index is 9.58. The minimum Gasteiger partial charge on any atom is -0.456 e. The summed E-state index contributed by atoms with van der Waals surface area (Å²) >= 11 is 0. The highest BCUT2D eigenvalue weighted by Gasteiger charge is 2.22. The van der Waals surface area contributed by atoms with Crippen LogP contribution in [0.2, 0.25) is 0 Å². The van der Waals surface area contributed by atoms with E-state index >= 15 is 0 Å². The number of benzene rings is 9. The third kappa shape index (κ3) is 5.34. The van der Waals surface area contributed by atoms with Crippen LogP contribution in [0.4, 0.5) is 0 Å². The van der Waals surface area contributed by atoms with Crippen molar-refractivity contribution in [1.29, 1.82) is 0 Å². The molecule has 256 valence electrons. The summed E-state index contributed by atoms with van der Waals surface area (Å²) in [6, 6.07) is 30.4. The summed E-state index contributed by atoms with van der Waals surface area (Å²) in [6.07, 6.45) is 0. The van der Waals surface area contributed by atoms with Gasteiger partial charge in [0.25, 0.3) is 0 Å². The normalized spacial score (nSPS) is 14.7. The summed E-state index contributed by atoms with van der Waals surface area (Å²) in [7, 11) is 0. The first-order valence-electron chi connectivity index (χ1n) is 23.5. The van der Waals surface area contributed by atoms with Gasteiger partial charge >= 0.3 is 0 Å². The first kappa shape index (κ1) is 21.3. The van der Waals surface area contributed by atoms with Gasteiger partial charge < -0.3 is 4.42 Å². The molecule has 0 saturated carbocycles. The molecule has 0 unspecified atom stereocenters. The molecule has 0 bridgehead atoms. The number of nitrogens with zero attached hydrogens (tertiary/aromatic N) is 3. The number of para-hydroxylation sites is 1. The molecule has 0 atom stereocenters. The molecule has 0 N–H and O–H groups in total. The van der Waals surface area contributed by atoms with Crippen LogP contribution in [-0.2, 0) is 0 Å². The molecule has 0 amide bonds. The molecular weight excluding hydrogens is 671 g/mol. The van der Waals surface area contributed by atoms with E-state index in [0.717, 1.165) is 21.5 Å². The zero-order chi connectivity index (χ0) is 46.7. The number of furan rings is 1. The molecule has 0 aliphatic carbocycles. The number of rotatable bonds is 5. The van der Waals surface area contributed by atoms with Crippen LogP contribution in [0.25, 0.3) is 111 Å². The zero-order valence-corrected chi connectivity index (χ0v) is 28.7. The molecule has 2 heterocycles. The molecule has 4 nitrogen and oxygen atoms in total. The minimum absolute atomic E-state index is 0.0270. The predicted molar refractivity (Wildman–Crippen MR) is 227 cm³/mol. The van der Waals surface area contributed by atoms with E-state index in [9.17, 15) is 2.74 Å². The van der Waals surface area contributed by atoms with E-state index < -0.39 is 36.3 Å². The smallest absolute Gasteiger partial charge is 0.165 e. The Morgan fingerprint density at radius 2 is 1.00 bits per heavy atom. The second-order valence-corrected chi connectivity index (χ2v) is 13.1. The Kier molecular flexibility index (Phi) is 4.89. The quantitative estimate of drug-likeness (QED) is 0.178. The maximum Gasteiger partial charge on any atom is 0.165 e. The van der Waals surface area contributed by atoms with Gasteiger partial charge in [-0.15, -0.1) is 0 Å². The van der Waals surface area contributed by atoms with E-state index in [1.54, 1.807) is 24.3 Å². The molecule has 4 heteroatoms. The van der Waals surface area contributed by atoms with Gasteiger partial charge in [-0.25, -0.2) is 15.0 Å². The van der Waals surface area contributed by atoms with Gasteiger partial charge in [0.1, 0.15) is 11.2 Å². The lowest BCUT2D eigenvalue weighted by Crippen LogP contribution is -2.01. The lowest BCUT2D eigenvalue weighted by molar-refractivity contribution is 0.669. The highest BCUT2D eigenvalue weighted by Crippen LogP contribution is 2.43. The number of aromatic nitrogens is 3. The van der Waals surface area contributed by atoms with Crippen LogP contribution in [0.5, 0.6) is 0 Å². The molecule has 0 saturated heterocycles. The Bertz CT molecular complexity index is 3960. The first-order chi connectivity index (χ1) is 32.2. The monoisotopic (exact) mass is 713 g/mol. The summed E-state index contributed by atoms with van der Waals surface area (Å²) in [5.41, 5.74) is 2.57. The van der Waals surface area contributed by atoms with Gasteiger partial charge in [0.05, 0.1) is 16.4 Å². The predicted octanol–water partition coefficient (Wildman–Crippen LogP) is 13.6. The van der Waals surface area contributed by atoms with E-state index in [-0.39, 0.29) is 97.6 Å². The summed E-state index contributed by atoms with van der Waals surface area (Å²) in [4.78, 5) is 15.2. The Balaban J connectivity index is 1.21. The Hall–Kier alpha value is -7.43. The van der Waals surface area contributed by atoms with E-state index in [2.05, 4.69) is 0 Å². The number of hydrogen-bond acceptors (Lipinski definition) is 4. The van der Waals surface area contributed by atoms with Gasteiger partial charge in [-0.1, -0.05) is 158 Å². The van der Waals surface area contributed by atoms with Crippen LogP contribution in [0, 0.1) is 0 Å². The lowest BCUT2D eigenvalue weighted by Gasteiger charge is -2.14. The highest BCUT2D eigenvalue weighted by molar-refractivity contribution is 6.15. The average Bonchev–Trinajstić information content (AvgIpc) is 3.73. The summed E-state index contributed by atoms with van der Waals surface area (Å²) in [6.45, 7) is 0. The third-order valence-corrected chi connectivity index (χ3v) is 9.86. The fraction of sp³-hybridized carbons (Fsp3) is 0. The van der Waals surface area contributed by atoms with Crippen LogP contribution in [0.3, 0.4) is 0 Å². The summed E-state index contributed by atoms with van der Waals surface area (Å²) in [5, 5.41) is 4.07. The molecular formula is C51H31N3O. The van der Waals surface area contributed by atoms with Crippen LogP contribution in [0.1, 0.15) is 16.4 Å². The van der Waals surface area contributed by atoms with Gasteiger partial charge in [0.2, 0.25) is 0 Å². The molecule has 0 spiro atoms. The van der Waals surface area contributed by atoms with Gasteiger partial charge in [0.15, 0.2) is 17.5 Å². The second kappa shape index (κ2) is 12.6. The summed E-state index contributed by atoms with van der Waals surface area (Å²) in [5.74, 6) is 0.496. The number of fused-ring (bicyclic) bond motifs is 6. The Labute approximate surface area is 333 Å². The SMILES string of the molecule is [2H]c1cc2c(oc3c([2H])c([2H])c(-c4ccc5ccccc5c4)c(-c4nc(-c5ccc(-c6c([2H])c([2H])c([2H])c7c([2H])c([2H])c([2H])c([2H])c67)cc5)nc(-c5ccc6ccccc6c5)n4)c32)c([2H])c1[2H]. The summed E-state index contributed by atoms with van der Waals surface area (Å²) < 4.78 is 111. The zero-order valence-electron chi connectivity index (χ0n) is 40.7. The van der Waals surface area contributed by atoms with Gasteiger partial charge in [-0.05, 0) is 84.8 Å². The van der Waals surface area contributed by atoms with Crippen LogP contribution >= 0.6 is 0 Å². The van der Waals surface area contributed by atoms with Crippen molar-refractivity contribution in [3.8, 4) is 56.4 Å². The molecule has 0 radical (unpaired) electrons. The van der Waals surface area contributed by atoms with Gasteiger partial charge in [-0.2, -0.15) is 0 Å². The van der Waals surface area contributed by atoms with Crippen molar-refractivity contribution in [2.24, 2.45) is 0 Å². The lowest BCUT2D eigenvalue weighted by atomic mass is 9.93. The minimum atomic E-state index is -0.543. The second-order valence-electron chi connectivity index (χ2n) is 13.1. The van der Waals surface area contributed by atoms with Crippen molar-refractivity contribution in [2.75, 3.05) is 0 Å². The standard InChI is InChI=1S/C51H31N3O/c1-3-13-37-30-39(26-20-32(37)10-1)43-28-29-46-47(44-17-7-8-19-45(44)55-46)48(43)51-53-49(52-50(54-51)40-27-21-33-11-2-4-14-38(33)31-40)36-24-22-35(23-25-36)42-18-9-15-34-12-5-6-16-41(34)42/h1-31H/i5D,6D,7D,8D,9D,12D,15D,16D,18D,19D,28D,29D.